The SMILES string of the molecule is O=S(=O)(F)CCc1ccoc1. The van der Waals surface area contributed by atoms with Crippen molar-refractivity contribution < 1.29 is 16.7 Å². The molecule has 0 spiro atoms. The fourth-order valence-electron chi connectivity index (χ4n) is 0.675. The molecule has 0 saturated carbocycles. The van der Waals surface area contributed by atoms with Gasteiger partial charge in [-0.05, 0) is 18.1 Å². The largest absolute Gasteiger partial charge is 0.472 e. The standard InChI is InChI=1S/C6H7FO3S/c7-11(8,9)4-2-6-1-3-10-5-6/h1,3,5H,2,4H2. The van der Waals surface area contributed by atoms with E-state index in [0.29, 0.717) is 5.56 Å². The molecule has 0 bridgehead atoms. The molecule has 1 heterocycles. The van der Waals surface area contributed by atoms with Crippen molar-refractivity contribution in [2.45, 2.75) is 6.42 Å². The van der Waals surface area contributed by atoms with Crippen LogP contribution >= 0.6 is 0 Å². The van der Waals surface area contributed by atoms with Crippen molar-refractivity contribution in [2.75, 3.05) is 5.75 Å². The fraction of sp³-hybridized carbons (Fsp3) is 0.333. The summed E-state index contributed by atoms with van der Waals surface area (Å²) >= 11 is 0. The highest BCUT2D eigenvalue weighted by molar-refractivity contribution is 7.86. The molecule has 0 saturated heterocycles. The number of aryl methyl sites for hydroxylation is 1. The zero-order valence-electron chi connectivity index (χ0n) is 5.66. The van der Waals surface area contributed by atoms with Crippen LogP contribution in [0.2, 0.25) is 0 Å². The molecule has 3 nitrogen and oxygen atoms in total. The molecule has 0 aliphatic carbocycles. The molecule has 1 rings (SSSR count). The highest BCUT2D eigenvalue weighted by atomic mass is 32.3. The maximum Gasteiger partial charge on any atom is 0.302 e. The molecule has 1 aromatic rings. The van der Waals surface area contributed by atoms with E-state index in [2.05, 4.69) is 4.42 Å². The molecular weight excluding hydrogens is 171 g/mol. The average Bonchev–Trinajstić information content (AvgIpc) is 2.32. The molecule has 0 fully saturated rings. The average molecular weight is 178 g/mol. The van der Waals surface area contributed by atoms with Gasteiger partial charge in [0.1, 0.15) is 0 Å². The van der Waals surface area contributed by atoms with E-state index >= 15 is 0 Å². The summed E-state index contributed by atoms with van der Waals surface area (Å²) < 4.78 is 36.6. The van der Waals surface area contributed by atoms with Gasteiger partial charge in [0.15, 0.2) is 0 Å². The Labute approximate surface area is 64.0 Å². The van der Waals surface area contributed by atoms with E-state index in [1.807, 2.05) is 0 Å². The third kappa shape index (κ3) is 3.18. The Morgan fingerprint density at radius 3 is 2.73 bits per heavy atom. The molecule has 0 radical (unpaired) electrons. The fourth-order valence-corrected chi connectivity index (χ4v) is 1.15. The number of furan rings is 1. The van der Waals surface area contributed by atoms with Crippen molar-refractivity contribution in [3.8, 4) is 0 Å². The van der Waals surface area contributed by atoms with Crippen molar-refractivity contribution in [3.63, 3.8) is 0 Å². The molecule has 62 valence electrons. The van der Waals surface area contributed by atoms with Gasteiger partial charge >= 0.3 is 10.2 Å². The van der Waals surface area contributed by atoms with Crippen LogP contribution in [-0.2, 0) is 16.6 Å². The summed E-state index contributed by atoms with van der Waals surface area (Å²) in [5, 5.41) is 0. The Kier molecular flexibility index (Phi) is 2.28. The smallest absolute Gasteiger partial charge is 0.302 e. The van der Waals surface area contributed by atoms with Crippen molar-refractivity contribution in [1.29, 1.82) is 0 Å². The second-order valence-corrected chi connectivity index (χ2v) is 3.61. The Hall–Kier alpha value is -0.840. The second kappa shape index (κ2) is 3.04. The van der Waals surface area contributed by atoms with Crippen molar-refractivity contribution in [2.24, 2.45) is 0 Å². The second-order valence-electron chi connectivity index (χ2n) is 2.12. The summed E-state index contributed by atoms with van der Waals surface area (Å²) in [6.45, 7) is 0. The van der Waals surface area contributed by atoms with Gasteiger partial charge in [0.05, 0.1) is 18.3 Å². The first-order valence-electron chi connectivity index (χ1n) is 3.01. The molecule has 11 heavy (non-hydrogen) atoms. The summed E-state index contributed by atoms with van der Waals surface area (Å²) in [5.41, 5.74) is 0.686. The third-order valence-electron chi connectivity index (χ3n) is 1.21. The van der Waals surface area contributed by atoms with Gasteiger partial charge in [0.2, 0.25) is 0 Å². The maximum absolute atomic E-state index is 11.9. The number of hydrogen-bond acceptors (Lipinski definition) is 3. The highest BCUT2D eigenvalue weighted by Crippen LogP contribution is 2.03. The van der Waals surface area contributed by atoms with Crippen LogP contribution in [0.1, 0.15) is 5.56 Å². The van der Waals surface area contributed by atoms with E-state index in [1.165, 1.54) is 12.5 Å². The van der Waals surface area contributed by atoms with Gasteiger partial charge in [0, 0.05) is 0 Å². The quantitative estimate of drug-likeness (QED) is 0.651. The summed E-state index contributed by atoms with van der Waals surface area (Å²) in [7, 11) is -4.34. The Morgan fingerprint density at radius 1 is 1.55 bits per heavy atom. The monoisotopic (exact) mass is 178 g/mol. The molecule has 0 unspecified atom stereocenters. The van der Waals surface area contributed by atoms with E-state index in [1.54, 1.807) is 6.07 Å². The normalized spacial score (nSPS) is 11.7. The van der Waals surface area contributed by atoms with Crippen LogP contribution in [-0.4, -0.2) is 14.2 Å². The first kappa shape index (κ1) is 8.26. The van der Waals surface area contributed by atoms with E-state index in [4.69, 9.17) is 0 Å². The van der Waals surface area contributed by atoms with Gasteiger partial charge in [-0.3, -0.25) is 0 Å². The van der Waals surface area contributed by atoms with Crippen molar-refractivity contribution >= 4 is 10.2 Å². The van der Waals surface area contributed by atoms with Gasteiger partial charge in [0.25, 0.3) is 0 Å². The van der Waals surface area contributed by atoms with Gasteiger partial charge in [-0.1, -0.05) is 0 Å². The van der Waals surface area contributed by atoms with Gasteiger partial charge in [-0.15, -0.1) is 3.89 Å². The predicted molar refractivity (Wildman–Crippen MR) is 37.3 cm³/mol. The molecule has 0 amide bonds. The lowest BCUT2D eigenvalue weighted by atomic mass is 10.3. The Bertz CT molecular complexity index is 301. The molecule has 5 heteroatoms. The predicted octanol–water partition coefficient (Wildman–Crippen LogP) is 1.12. The Morgan fingerprint density at radius 2 is 2.27 bits per heavy atom. The minimum Gasteiger partial charge on any atom is -0.472 e. The van der Waals surface area contributed by atoms with E-state index < -0.39 is 16.0 Å². The van der Waals surface area contributed by atoms with Crippen LogP contribution < -0.4 is 0 Å². The van der Waals surface area contributed by atoms with Crippen molar-refractivity contribution in [3.05, 3.63) is 24.2 Å². The minimum absolute atomic E-state index is 0.162. The zero-order chi connectivity index (χ0) is 8.32. The van der Waals surface area contributed by atoms with E-state index in [9.17, 15) is 12.3 Å². The summed E-state index contributed by atoms with van der Waals surface area (Å²) in [5.74, 6) is -0.480. The highest BCUT2D eigenvalue weighted by Gasteiger charge is 2.07. The van der Waals surface area contributed by atoms with Crippen LogP contribution in [0.4, 0.5) is 3.89 Å². The molecule has 0 aliphatic rings. The summed E-state index contributed by atoms with van der Waals surface area (Å²) in [6, 6.07) is 1.60. The topological polar surface area (TPSA) is 47.3 Å². The van der Waals surface area contributed by atoms with Gasteiger partial charge < -0.3 is 4.42 Å². The van der Waals surface area contributed by atoms with Crippen LogP contribution in [0.25, 0.3) is 0 Å². The van der Waals surface area contributed by atoms with Crippen LogP contribution in [0.15, 0.2) is 23.0 Å². The van der Waals surface area contributed by atoms with Crippen LogP contribution in [0.3, 0.4) is 0 Å². The third-order valence-corrected chi connectivity index (χ3v) is 1.91. The molecule has 0 aromatic carbocycles. The lowest BCUT2D eigenvalue weighted by Gasteiger charge is -1.90. The van der Waals surface area contributed by atoms with E-state index in [0.717, 1.165) is 0 Å². The minimum atomic E-state index is -4.34. The maximum atomic E-state index is 11.9. The first-order chi connectivity index (χ1) is 5.08. The number of rotatable bonds is 3. The Balaban J connectivity index is 2.48. The van der Waals surface area contributed by atoms with Crippen LogP contribution in [0.5, 0.6) is 0 Å². The summed E-state index contributed by atoms with van der Waals surface area (Å²) in [4.78, 5) is 0. The van der Waals surface area contributed by atoms with Gasteiger partial charge in [-0.25, -0.2) is 0 Å². The number of halogens is 1. The zero-order valence-corrected chi connectivity index (χ0v) is 6.47. The van der Waals surface area contributed by atoms with Crippen molar-refractivity contribution in [1.82, 2.24) is 0 Å². The van der Waals surface area contributed by atoms with E-state index in [-0.39, 0.29) is 6.42 Å². The molecule has 0 aliphatic heterocycles. The molecular formula is C6H7FO3S. The lowest BCUT2D eigenvalue weighted by Crippen LogP contribution is -2.00. The lowest BCUT2D eigenvalue weighted by molar-refractivity contribution is 0.550. The summed E-state index contributed by atoms with van der Waals surface area (Å²) in [6.07, 6.45) is 2.97. The number of hydrogen-bond donors (Lipinski definition) is 0. The molecule has 0 N–H and O–H groups in total. The van der Waals surface area contributed by atoms with Crippen LogP contribution in [0, 0.1) is 0 Å². The molecule has 1 aromatic heterocycles. The molecule has 0 atom stereocenters. The van der Waals surface area contributed by atoms with Gasteiger partial charge in [-0.2, -0.15) is 8.42 Å². The first-order valence-corrected chi connectivity index (χ1v) is 4.56.